The van der Waals surface area contributed by atoms with Gasteiger partial charge in [-0.1, -0.05) is 11.0 Å². The van der Waals surface area contributed by atoms with Gasteiger partial charge in [-0.3, -0.25) is 0 Å². The first-order valence-electron chi connectivity index (χ1n) is 4.08. The number of nitrogen functional groups attached to an aromatic ring is 1. The van der Waals surface area contributed by atoms with Crippen LogP contribution in [0, 0.1) is 11.8 Å². The van der Waals surface area contributed by atoms with Crippen molar-refractivity contribution in [1.29, 1.82) is 0 Å². The van der Waals surface area contributed by atoms with Gasteiger partial charge in [-0.15, -0.1) is 0 Å². The molecule has 0 bridgehead atoms. The summed E-state index contributed by atoms with van der Waals surface area (Å²) in [5.41, 5.74) is 14.5. The lowest BCUT2D eigenvalue weighted by atomic mass is 10.3. The molecule has 76 valence electrons. The summed E-state index contributed by atoms with van der Waals surface area (Å²) in [5.74, 6) is 5.76. The predicted octanol–water partition coefficient (Wildman–Crippen LogP) is 1.33. The smallest absolute Gasteiger partial charge is 0.214 e. The Kier molecular flexibility index (Phi) is 3.83. The third kappa shape index (κ3) is 3.10. The zero-order valence-corrected chi connectivity index (χ0v) is 8.14. The van der Waals surface area contributed by atoms with Crippen LogP contribution in [0.4, 0.5) is 5.69 Å². The Morgan fingerprint density at radius 2 is 2.47 bits per heavy atom. The summed E-state index contributed by atoms with van der Waals surface area (Å²) >= 11 is 0. The van der Waals surface area contributed by atoms with Gasteiger partial charge in [-0.05, 0) is 17.5 Å². The maximum absolute atomic E-state index is 8.03. The van der Waals surface area contributed by atoms with Crippen molar-refractivity contribution in [3.8, 4) is 17.7 Å². The summed E-state index contributed by atoms with van der Waals surface area (Å²) in [6.07, 6.45) is 0. The van der Waals surface area contributed by atoms with Crippen LogP contribution in [0.5, 0.6) is 5.88 Å². The molecule has 1 aromatic rings. The largest absolute Gasteiger partial charge is 0.481 e. The third-order valence-corrected chi connectivity index (χ3v) is 1.53. The van der Waals surface area contributed by atoms with E-state index in [0.717, 1.165) is 0 Å². The van der Waals surface area contributed by atoms with Gasteiger partial charge in [0.25, 0.3) is 0 Å². The number of methoxy groups -OCH3 is 1. The second-order valence-corrected chi connectivity index (χ2v) is 2.48. The van der Waals surface area contributed by atoms with Crippen LogP contribution < -0.4 is 10.5 Å². The van der Waals surface area contributed by atoms with E-state index in [0.29, 0.717) is 17.3 Å². The van der Waals surface area contributed by atoms with Crippen molar-refractivity contribution in [2.75, 3.05) is 19.4 Å². The second kappa shape index (κ2) is 5.37. The molecule has 0 saturated heterocycles. The Labute approximate surface area is 86.7 Å². The quantitative estimate of drug-likeness (QED) is 0.340. The van der Waals surface area contributed by atoms with Gasteiger partial charge < -0.3 is 10.5 Å². The van der Waals surface area contributed by atoms with Crippen molar-refractivity contribution in [1.82, 2.24) is 4.98 Å². The maximum atomic E-state index is 8.03. The molecule has 1 rings (SSSR count). The van der Waals surface area contributed by atoms with Gasteiger partial charge in [0.1, 0.15) is 5.69 Å². The van der Waals surface area contributed by atoms with E-state index in [1.165, 1.54) is 7.11 Å². The summed E-state index contributed by atoms with van der Waals surface area (Å²) in [4.78, 5) is 6.60. The highest BCUT2D eigenvalue weighted by molar-refractivity contribution is 5.52. The molecule has 0 amide bonds. The van der Waals surface area contributed by atoms with Crippen LogP contribution in [0.3, 0.4) is 0 Å². The number of hydrogen-bond acceptors (Lipinski definition) is 4. The topological polar surface area (TPSA) is 96.9 Å². The van der Waals surface area contributed by atoms with Crippen molar-refractivity contribution < 1.29 is 4.74 Å². The third-order valence-electron chi connectivity index (χ3n) is 1.53. The Hall–Kier alpha value is -2.38. The molecule has 0 aliphatic rings. The van der Waals surface area contributed by atoms with Gasteiger partial charge in [-0.25, -0.2) is 4.98 Å². The van der Waals surface area contributed by atoms with Crippen molar-refractivity contribution >= 4 is 5.69 Å². The van der Waals surface area contributed by atoms with Crippen LogP contribution in [0.1, 0.15) is 5.69 Å². The average Bonchev–Trinajstić information content (AvgIpc) is 2.26. The SMILES string of the molecule is COc1ccc(N)c(C#CCN=[N+]=[N-])n1. The molecule has 0 aliphatic heterocycles. The molecule has 15 heavy (non-hydrogen) atoms. The minimum atomic E-state index is 0.0921. The first-order valence-corrected chi connectivity index (χ1v) is 4.08. The number of anilines is 1. The fraction of sp³-hybridized carbons (Fsp3) is 0.222. The fourth-order valence-corrected chi connectivity index (χ4v) is 0.856. The Bertz CT molecular complexity index is 453. The number of aromatic nitrogens is 1. The zero-order valence-electron chi connectivity index (χ0n) is 8.14. The number of pyridine rings is 1. The molecular formula is C9H9N5O. The molecule has 6 heteroatoms. The van der Waals surface area contributed by atoms with Crippen LogP contribution >= 0.6 is 0 Å². The highest BCUT2D eigenvalue weighted by atomic mass is 16.5. The molecule has 0 aliphatic carbocycles. The van der Waals surface area contributed by atoms with E-state index in [1.54, 1.807) is 12.1 Å². The molecule has 6 nitrogen and oxygen atoms in total. The molecule has 1 aromatic heterocycles. The van der Waals surface area contributed by atoms with Crippen molar-refractivity contribution in [2.24, 2.45) is 5.11 Å². The maximum Gasteiger partial charge on any atom is 0.214 e. The minimum absolute atomic E-state index is 0.0921. The van der Waals surface area contributed by atoms with Crippen molar-refractivity contribution in [3.63, 3.8) is 0 Å². The zero-order chi connectivity index (χ0) is 11.1. The van der Waals surface area contributed by atoms with Gasteiger partial charge in [0.2, 0.25) is 5.88 Å². The van der Waals surface area contributed by atoms with Gasteiger partial charge >= 0.3 is 0 Å². The molecule has 1 heterocycles. The van der Waals surface area contributed by atoms with E-state index >= 15 is 0 Å². The van der Waals surface area contributed by atoms with E-state index in [1.807, 2.05) is 0 Å². The molecule has 0 aromatic carbocycles. The summed E-state index contributed by atoms with van der Waals surface area (Å²) in [6, 6.07) is 3.30. The van der Waals surface area contributed by atoms with Gasteiger partial charge in [0, 0.05) is 11.0 Å². The Morgan fingerprint density at radius 3 is 3.13 bits per heavy atom. The molecule has 0 fully saturated rings. The average molecular weight is 203 g/mol. The molecule has 0 unspecified atom stereocenters. The highest BCUT2D eigenvalue weighted by Crippen LogP contribution is 2.13. The standard InChI is InChI=1S/C9H9N5O/c1-15-9-5-4-7(10)8(13-9)3-2-6-12-14-11/h4-5H,6,10H2,1H3. The second-order valence-electron chi connectivity index (χ2n) is 2.48. The number of rotatable bonds is 2. The molecule has 0 spiro atoms. The number of ether oxygens (including phenoxy) is 1. The van der Waals surface area contributed by atoms with Crippen LogP contribution in [0.25, 0.3) is 10.4 Å². The van der Waals surface area contributed by atoms with Crippen LogP contribution in [0.2, 0.25) is 0 Å². The Morgan fingerprint density at radius 1 is 1.67 bits per heavy atom. The normalized spacial score (nSPS) is 8.33. The number of nitrogens with two attached hydrogens (primary N) is 1. The van der Waals surface area contributed by atoms with Crippen LogP contribution in [0.15, 0.2) is 17.2 Å². The monoisotopic (exact) mass is 203 g/mol. The molecule has 2 N–H and O–H groups in total. The van der Waals surface area contributed by atoms with Gasteiger partial charge in [0.05, 0.1) is 19.3 Å². The first kappa shape index (κ1) is 10.7. The summed E-state index contributed by atoms with van der Waals surface area (Å²) in [7, 11) is 1.51. The molecule has 0 saturated carbocycles. The number of nitrogens with zero attached hydrogens (tertiary/aromatic N) is 4. The summed E-state index contributed by atoms with van der Waals surface area (Å²) < 4.78 is 4.92. The number of hydrogen-bond donors (Lipinski definition) is 1. The predicted molar refractivity (Wildman–Crippen MR) is 56.1 cm³/mol. The molecular weight excluding hydrogens is 194 g/mol. The van der Waals surface area contributed by atoms with Crippen LogP contribution in [-0.2, 0) is 0 Å². The fourth-order valence-electron chi connectivity index (χ4n) is 0.856. The van der Waals surface area contributed by atoms with E-state index in [-0.39, 0.29) is 6.54 Å². The summed E-state index contributed by atoms with van der Waals surface area (Å²) in [6.45, 7) is 0.0921. The molecule has 0 atom stereocenters. The highest BCUT2D eigenvalue weighted by Gasteiger charge is 1.99. The summed E-state index contributed by atoms with van der Waals surface area (Å²) in [5, 5.41) is 3.27. The molecule has 0 radical (unpaired) electrons. The van der Waals surface area contributed by atoms with Crippen molar-refractivity contribution in [2.45, 2.75) is 0 Å². The Balaban J connectivity index is 2.90. The van der Waals surface area contributed by atoms with E-state index in [2.05, 4.69) is 26.9 Å². The van der Waals surface area contributed by atoms with Gasteiger partial charge in [-0.2, -0.15) is 0 Å². The van der Waals surface area contributed by atoms with E-state index in [4.69, 9.17) is 16.0 Å². The van der Waals surface area contributed by atoms with Crippen LogP contribution in [-0.4, -0.2) is 18.6 Å². The first-order chi connectivity index (χ1) is 7.27. The lowest BCUT2D eigenvalue weighted by molar-refractivity contribution is 0.397. The number of azide groups is 1. The van der Waals surface area contributed by atoms with Crippen molar-refractivity contribution in [3.05, 3.63) is 28.3 Å². The van der Waals surface area contributed by atoms with E-state index in [9.17, 15) is 0 Å². The van der Waals surface area contributed by atoms with E-state index < -0.39 is 0 Å². The minimum Gasteiger partial charge on any atom is -0.481 e. The van der Waals surface area contributed by atoms with Gasteiger partial charge in [0.15, 0.2) is 0 Å². The lowest BCUT2D eigenvalue weighted by Crippen LogP contribution is -1.96. The lowest BCUT2D eigenvalue weighted by Gasteiger charge is -2.00.